The molecule has 1 aromatic heterocycles. The van der Waals surface area contributed by atoms with Crippen LogP contribution in [-0.4, -0.2) is 17.1 Å². The SMILES string of the molecule is CCn1ccc2c(OCC(=O)Nc3ccc(Br)cc3)cccc2c1=O. The van der Waals surface area contributed by atoms with E-state index in [9.17, 15) is 9.59 Å². The Hall–Kier alpha value is -2.60. The molecule has 128 valence electrons. The van der Waals surface area contributed by atoms with Crippen molar-refractivity contribution in [3.8, 4) is 5.75 Å². The number of aromatic nitrogens is 1. The molecule has 0 radical (unpaired) electrons. The average molecular weight is 401 g/mol. The molecule has 0 atom stereocenters. The Labute approximate surface area is 153 Å². The van der Waals surface area contributed by atoms with Crippen LogP contribution in [0.4, 0.5) is 5.69 Å². The minimum atomic E-state index is -0.263. The maximum atomic E-state index is 12.3. The van der Waals surface area contributed by atoms with Gasteiger partial charge in [-0.15, -0.1) is 0 Å². The fraction of sp³-hybridized carbons (Fsp3) is 0.158. The molecule has 0 aliphatic carbocycles. The van der Waals surface area contributed by atoms with Gasteiger partial charge in [-0.3, -0.25) is 9.59 Å². The molecule has 0 spiro atoms. The van der Waals surface area contributed by atoms with Gasteiger partial charge < -0.3 is 14.6 Å². The van der Waals surface area contributed by atoms with Crippen molar-refractivity contribution in [1.82, 2.24) is 4.57 Å². The third-order valence-electron chi connectivity index (χ3n) is 3.81. The topological polar surface area (TPSA) is 60.3 Å². The summed E-state index contributed by atoms with van der Waals surface area (Å²) < 4.78 is 8.21. The molecule has 0 unspecified atom stereocenters. The third-order valence-corrected chi connectivity index (χ3v) is 4.33. The number of pyridine rings is 1. The van der Waals surface area contributed by atoms with E-state index in [1.54, 1.807) is 41.1 Å². The molecular formula is C19H17BrN2O3. The molecule has 0 saturated heterocycles. The zero-order valence-corrected chi connectivity index (χ0v) is 15.2. The lowest BCUT2D eigenvalue weighted by molar-refractivity contribution is -0.118. The van der Waals surface area contributed by atoms with E-state index >= 15 is 0 Å². The number of rotatable bonds is 5. The van der Waals surface area contributed by atoms with Gasteiger partial charge in [0.2, 0.25) is 0 Å². The van der Waals surface area contributed by atoms with E-state index in [1.807, 2.05) is 25.1 Å². The smallest absolute Gasteiger partial charge is 0.262 e. The molecule has 3 aromatic rings. The lowest BCUT2D eigenvalue weighted by Gasteiger charge is -2.11. The highest BCUT2D eigenvalue weighted by atomic mass is 79.9. The van der Waals surface area contributed by atoms with Crippen molar-refractivity contribution in [2.45, 2.75) is 13.5 Å². The number of carbonyl (C=O) groups excluding carboxylic acids is 1. The lowest BCUT2D eigenvalue weighted by atomic mass is 10.1. The molecule has 3 rings (SSSR count). The quantitative estimate of drug-likeness (QED) is 0.708. The van der Waals surface area contributed by atoms with Crippen LogP contribution in [-0.2, 0) is 11.3 Å². The van der Waals surface area contributed by atoms with E-state index in [4.69, 9.17) is 4.74 Å². The summed E-state index contributed by atoms with van der Waals surface area (Å²) in [6, 6.07) is 14.4. The summed E-state index contributed by atoms with van der Waals surface area (Å²) in [5.41, 5.74) is 0.630. The van der Waals surface area contributed by atoms with Crippen LogP contribution in [0.5, 0.6) is 5.75 Å². The second-order valence-corrected chi connectivity index (χ2v) is 6.38. The Kier molecular flexibility index (Phi) is 5.19. The van der Waals surface area contributed by atoms with Crippen molar-refractivity contribution < 1.29 is 9.53 Å². The number of benzene rings is 2. The highest BCUT2D eigenvalue weighted by molar-refractivity contribution is 9.10. The van der Waals surface area contributed by atoms with Gasteiger partial charge in [-0.2, -0.15) is 0 Å². The van der Waals surface area contributed by atoms with Gasteiger partial charge in [-0.05, 0) is 49.4 Å². The molecule has 2 aromatic carbocycles. The lowest BCUT2D eigenvalue weighted by Crippen LogP contribution is -2.21. The van der Waals surface area contributed by atoms with Gasteiger partial charge in [0.1, 0.15) is 5.75 Å². The van der Waals surface area contributed by atoms with Crippen LogP contribution in [0.25, 0.3) is 10.8 Å². The number of halogens is 1. The summed E-state index contributed by atoms with van der Waals surface area (Å²) in [6.07, 6.45) is 1.74. The largest absolute Gasteiger partial charge is 0.483 e. The maximum Gasteiger partial charge on any atom is 0.262 e. The Morgan fingerprint density at radius 2 is 1.88 bits per heavy atom. The Morgan fingerprint density at radius 1 is 1.12 bits per heavy atom. The number of nitrogens with one attached hydrogen (secondary N) is 1. The molecule has 0 aliphatic heterocycles. The third kappa shape index (κ3) is 3.91. The first-order chi connectivity index (χ1) is 12.1. The molecule has 25 heavy (non-hydrogen) atoms. The van der Waals surface area contributed by atoms with E-state index < -0.39 is 0 Å². The van der Waals surface area contributed by atoms with Crippen molar-refractivity contribution in [3.05, 3.63) is 69.6 Å². The number of ether oxygens (including phenoxy) is 1. The highest BCUT2D eigenvalue weighted by Gasteiger charge is 2.09. The molecule has 1 amide bonds. The first-order valence-electron chi connectivity index (χ1n) is 7.89. The standard InChI is InChI=1S/C19H17BrN2O3/c1-2-22-11-10-15-16(19(22)24)4-3-5-17(15)25-12-18(23)21-14-8-6-13(20)7-9-14/h3-11H,2,12H2,1H3,(H,21,23). The summed E-state index contributed by atoms with van der Waals surface area (Å²) >= 11 is 3.35. The van der Waals surface area contributed by atoms with Crippen LogP contribution in [0.1, 0.15) is 6.92 Å². The van der Waals surface area contributed by atoms with Crippen molar-refractivity contribution in [2.75, 3.05) is 11.9 Å². The summed E-state index contributed by atoms with van der Waals surface area (Å²) in [5.74, 6) is 0.255. The number of amides is 1. The van der Waals surface area contributed by atoms with Gasteiger partial charge in [-0.1, -0.05) is 22.0 Å². The van der Waals surface area contributed by atoms with E-state index in [0.717, 1.165) is 4.47 Å². The number of hydrogen-bond acceptors (Lipinski definition) is 3. The fourth-order valence-corrected chi connectivity index (χ4v) is 2.80. The van der Waals surface area contributed by atoms with E-state index in [-0.39, 0.29) is 18.1 Å². The van der Waals surface area contributed by atoms with Gasteiger partial charge in [0, 0.05) is 28.3 Å². The number of nitrogens with zero attached hydrogens (tertiary/aromatic N) is 1. The molecule has 1 heterocycles. The van der Waals surface area contributed by atoms with Crippen LogP contribution in [0, 0.1) is 0 Å². The summed E-state index contributed by atoms with van der Waals surface area (Å²) in [4.78, 5) is 24.4. The molecule has 0 bridgehead atoms. The summed E-state index contributed by atoms with van der Waals surface area (Å²) in [7, 11) is 0. The second kappa shape index (κ2) is 7.53. The van der Waals surface area contributed by atoms with Gasteiger partial charge in [0.25, 0.3) is 11.5 Å². The number of anilines is 1. The van der Waals surface area contributed by atoms with E-state index in [1.165, 1.54) is 0 Å². The Bertz CT molecular complexity index is 965. The minimum absolute atomic E-state index is 0.0650. The number of hydrogen-bond donors (Lipinski definition) is 1. The molecule has 6 heteroatoms. The van der Waals surface area contributed by atoms with Crippen LogP contribution >= 0.6 is 15.9 Å². The average Bonchev–Trinajstić information content (AvgIpc) is 2.62. The normalized spacial score (nSPS) is 10.6. The van der Waals surface area contributed by atoms with Gasteiger partial charge >= 0.3 is 0 Å². The Balaban J connectivity index is 1.75. The van der Waals surface area contributed by atoms with E-state index in [0.29, 0.717) is 28.8 Å². The predicted molar refractivity (Wildman–Crippen MR) is 102 cm³/mol. The monoisotopic (exact) mass is 400 g/mol. The summed E-state index contributed by atoms with van der Waals surface area (Å²) in [6.45, 7) is 2.39. The molecule has 0 aliphatic rings. The maximum absolute atomic E-state index is 12.3. The van der Waals surface area contributed by atoms with Crippen LogP contribution in [0.3, 0.4) is 0 Å². The number of carbonyl (C=O) groups is 1. The van der Waals surface area contributed by atoms with Crippen molar-refractivity contribution >= 4 is 38.3 Å². The number of fused-ring (bicyclic) bond motifs is 1. The van der Waals surface area contributed by atoms with Crippen molar-refractivity contribution in [1.29, 1.82) is 0 Å². The molecular weight excluding hydrogens is 384 g/mol. The first kappa shape index (κ1) is 17.2. The van der Waals surface area contributed by atoms with Gasteiger partial charge in [-0.25, -0.2) is 0 Å². The fourth-order valence-electron chi connectivity index (χ4n) is 2.54. The van der Waals surface area contributed by atoms with E-state index in [2.05, 4.69) is 21.2 Å². The molecule has 1 N–H and O–H groups in total. The minimum Gasteiger partial charge on any atom is -0.483 e. The highest BCUT2D eigenvalue weighted by Crippen LogP contribution is 2.23. The zero-order valence-electron chi connectivity index (χ0n) is 13.7. The van der Waals surface area contributed by atoms with Crippen molar-refractivity contribution in [3.63, 3.8) is 0 Å². The molecule has 0 fully saturated rings. The Morgan fingerprint density at radius 3 is 2.60 bits per heavy atom. The van der Waals surface area contributed by atoms with Gasteiger partial charge in [0.05, 0.1) is 5.39 Å². The van der Waals surface area contributed by atoms with Gasteiger partial charge in [0.15, 0.2) is 6.61 Å². The van der Waals surface area contributed by atoms with Crippen LogP contribution in [0.2, 0.25) is 0 Å². The van der Waals surface area contributed by atoms with Crippen LogP contribution in [0.15, 0.2) is 64.0 Å². The molecule has 5 nitrogen and oxygen atoms in total. The zero-order chi connectivity index (χ0) is 17.8. The molecule has 0 saturated carbocycles. The predicted octanol–water partition coefficient (Wildman–Crippen LogP) is 3.80. The first-order valence-corrected chi connectivity index (χ1v) is 8.68. The number of aryl methyl sites for hydroxylation is 1. The van der Waals surface area contributed by atoms with Crippen LogP contribution < -0.4 is 15.6 Å². The summed E-state index contributed by atoms with van der Waals surface area (Å²) in [5, 5.41) is 4.05. The second-order valence-electron chi connectivity index (χ2n) is 5.47. The van der Waals surface area contributed by atoms with Crippen molar-refractivity contribution in [2.24, 2.45) is 0 Å².